The van der Waals surface area contributed by atoms with E-state index in [0.29, 0.717) is 18.4 Å². The molecule has 2 heterocycles. The summed E-state index contributed by atoms with van der Waals surface area (Å²) in [5.74, 6) is 0.713. The van der Waals surface area contributed by atoms with Crippen LogP contribution in [0.4, 0.5) is 11.6 Å². The van der Waals surface area contributed by atoms with Crippen LogP contribution in [0, 0.1) is 17.0 Å². The van der Waals surface area contributed by atoms with Crippen molar-refractivity contribution in [2.24, 2.45) is 0 Å². The fraction of sp³-hybridized carbons (Fsp3) is 0.400. The molecule has 0 saturated heterocycles. The van der Waals surface area contributed by atoms with E-state index in [-0.39, 0.29) is 15.9 Å². The largest absolute Gasteiger partial charge is 0.416 e. The first-order valence-electron chi connectivity index (χ1n) is 5.83. The number of hydrogen-bond donors (Lipinski definition) is 1. The first-order valence-corrected chi connectivity index (χ1v) is 6.65. The van der Waals surface area contributed by atoms with Crippen molar-refractivity contribution >= 4 is 23.4 Å². The number of aryl methyl sites for hydroxylation is 1. The minimum absolute atomic E-state index is 0.159. The maximum Gasteiger partial charge on any atom is 0.320 e. The number of nitrogens with zero attached hydrogens (tertiary/aromatic N) is 5. The summed E-state index contributed by atoms with van der Waals surface area (Å²) in [5, 5.41) is 21.7. The Kier molecular flexibility index (Phi) is 4.45. The zero-order valence-corrected chi connectivity index (χ0v) is 11.7. The molecule has 0 saturated carbocycles. The second-order valence-corrected chi connectivity index (χ2v) is 4.70. The van der Waals surface area contributed by atoms with E-state index in [1.807, 2.05) is 6.92 Å². The van der Waals surface area contributed by atoms with Crippen LogP contribution in [-0.2, 0) is 0 Å². The number of aromatic nitrogens is 4. The van der Waals surface area contributed by atoms with Gasteiger partial charge < -0.3 is 9.73 Å². The zero-order chi connectivity index (χ0) is 14.5. The first kappa shape index (κ1) is 14.2. The molecule has 0 amide bonds. The van der Waals surface area contributed by atoms with E-state index in [1.165, 1.54) is 0 Å². The summed E-state index contributed by atoms with van der Waals surface area (Å²) in [7, 11) is 0. The van der Waals surface area contributed by atoms with Gasteiger partial charge in [-0.05, 0) is 18.2 Å². The van der Waals surface area contributed by atoms with Crippen molar-refractivity contribution in [3.63, 3.8) is 0 Å². The van der Waals surface area contributed by atoms with Crippen LogP contribution < -0.4 is 5.32 Å². The lowest BCUT2D eigenvalue weighted by atomic mass is 10.5. The molecule has 0 bridgehead atoms. The Bertz CT molecular complexity index is 617. The van der Waals surface area contributed by atoms with E-state index in [1.54, 1.807) is 6.92 Å². The lowest BCUT2D eigenvalue weighted by Gasteiger charge is -2.04. The third-order valence-corrected chi connectivity index (χ3v) is 2.99. The highest BCUT2D eigenvalue weighted by atomic mass is 32.2. The molecule has 2 rings (SSSR count). The van der Waals surface area contributed by atoms with Crippen molar-refractivity contribution in [1.82, 2.24) is 20.2 Å². The monoisotopic (exact) mass is 296 g/mol. The maximum atomic E-state index is 11.0. The quantitative estimate of drug-likeness (QED) is 0.485. The van der Waals surface area contributed by atoms with Gasteiger partial charge in [0.15, 0.2) is 5.03 Å². The van der Waals surface area contributed by atoms with Crippen molar-refractivity contribution in [2.75, 3.05) is 11.9 Å². The van der Waals surface area contributed by atoms with Crippen LogP contribution in [0.3, 0.4) is 0 Å². The molecule has 0 radical (unpaired) electrons. The Morgan fingerprint density at radius 1 is 1.50 bits per heavy atom. The average molecular weight is 296 g/mol. The first-order chi connectivity index (χ1) is 9.60. The van der Waals surface area contributed by atoms with Crippen LogP contribution in [0.15, 0.2) is 20.9 Å². The predicted octanol–water partition coefficient (Wildman–Crippen LogP) is 2.05. The number of anilines is 1. The molecule has 9 nitrogen and oxygen atoms in total. The van der Waals surface area contributed by atoms with Crippen molar-refractivity contribution in [3.8, 4) is 0 Å². The minimum atomic E-state index is -0.546. The van der Waals surface area contributed by atoms with Crippen LogP contribution in [0.25, 0.3) is 0 Å². The van der Waals surface area contributed by atoms with Crippen LogP contribution in [-0.4, -0.2) is 31.6 Å². The molecule has 0 atom stereocenters. The predicted molar refractivity (Wildman–Crippen MR) is 70.6 cm³/mol. The fourth-order valence-electron chi connectivity index (χ4n) is 1.28. The van der Waals surface area contributed by atoms with E-state index in [4.69, 9.17) is 4.42 Å². The standard InChI is InChI=1S/C10H12N6O3S/c1-3-4-11-9-12-5-7(16(17)18)8(13-9)20-10-15-14-6(2)19-10/h5H,3-4H2,1-2H3,(H,11,12,13). The van der Waals surface area contributed by atoms with Gasteiger partial charge in [0.25, 0.3) is 5.22 Å². The Labute approximate surface area is 118 Å². The number of rotatable bonds is 6. The van der Waals surface area contributed by atoms with Gasteiger partial charge in [-0.2, -0.15) is 4.98 Å². The molecule has 106 valence electrons. The minimum Gasteiger partial charge on any atom is -0.416 e. The molecule has 0 aliphatic heterocycles. The highest BCUT2D eigenvalue weighted by Gasteiger charge is 2.20. The molecule has 0 aliphatic rings. The smallest absolute Gasteiger partial charge is 0.320 e. The molecule has 20 heavy (non-hydrogen) atoms. The molecule has 2 aromatic heterocycles. The van der Waals surface area contributed by atoms with E-state index < -0.39 is 4.92 Å². The number of nitro groups is 1. The summed E-state index contributed by atoms with van der Waals surface area (Å²) >= 11 is 0.938. The van der Waals surface area contributed by atoms with E-state index in [2.05, 4.69) is 25.5 Å². The molecule has 1 N–H and O–H groups in total. The second kappa shape index (κ2) is 6.28. The van der Waals surface area contributed by atoms with Gasteiger partial charge in [0.1, 0.15) is 6.20 Å². The van der Waals surface area contributed by atoms with Gasteiger partial charge in [0.2, 0.25) is 11.8 Å². The van der Waals surface area contributed by atoms with E-state index >= 15 is 0 Å². The van der Waals surface area contributed by atoms with Crippen LogP contribution in [0.2, 0.25) is 0 Å². The molecule has 0 fully saturated rings. The van der Waals surface area contributed by atoms with Crippen molar-refractivity contribution in [3.05, 3.63) is 22.2 Å². The van der Waals surface area contributed by atoms with Crippen molar-refractivity contribution in [1.29, 1.82) is 0 Å². The third kappa shape index (κ3) is 3.41. The summed E-state index contributed by atoms with van der Waals surface area (Å²) < 4.78 is 5.18. The normalized spacial score (nSPS) is 10.5. The fourth-order valence-corrected chi connectivity index (χ4v) is 2.06. The van der Waals surface area contributed by atoms with E-state index in [9.17, 15) is 10.1 Å². The third-order valence-electron chi connectivity index (χ3n) is 2.16. The van der Waals surface area contributed by atoms with Crippen LogP contribution >= 0.6 is 11.8 Å². The zero-order valence-electron chi connectivity index (χ0n) is 10.9. The summed E-state index contributed by atoms with van der Waals surface area (Å²) in [4.78, 5) is 18.4. The Morgan fingerprint density at radius 2 is 2.30 bits per heavy atom. The number of hydrogen-bond acceptors (Lipinski definition) is 9. The molecule has 10 heteroatoms. The van der Waals surface area contributed by atoms with Gasteiger partial charge >= 0.3 is 5.69 Å². The summed E-state index contributed by atoms with van der Waals surface area (Å²) in [6, 6.07) is 0. The molecule has 0 aromatic carbocycles. The van der Waals surface area contributed by atoms with E-state index in [0.717, 1.165) is 24.4 Å². The van der Waals surface area contributed by atoms with Crippen molar-refractivity contribution in [2.45, 2.75) is 30.5 Å². The van der Waals surface area contributed by atoms with Gasteiger partial charge in [-0.1, -0.05) is 6.92 Å². The van der Waals surface area contributed by atoms with Gasteiger partial charge in [-0.3, -0.25) is 10.1 Å². The topological polar surface area (TPSA) is 120 Å². The van der Waals surface area contributed by atoms with Gasteiger partial charge in [-0.15, -0.1) is 10.2 Å². The summed E-state index contributed by atoms with van der Waals surface area (Å²) in [6.45, 7) is 4.32. The maximum absolute atomic E-state index is 11.0. The molecular formula is C10H12N6O3S. The lowest BCUT2D eigenvalue weighted by molar-refractivity contribution is -0.388. The molecular weight excluding hydrogens is 284 g/mol. The van der Waals surface area contributed by atoms with Gasteiger partial charge in [0.05, 0.1) is 4.92 Å². The lowest BCUT2D eigenvalue weighted by Crippen LogP contribution is -2.06. The molecule has 0 aliphatic carbocycles. The molecule has 2 aromatic rings. The summed E-state index contributed by atoms with van der Waals surface area (Å²) in [5.41, 5.74) is -0.201. The average Bonchev–Trinajstić information content (AvgIpc) is 2.81. The van der Waals surface area contributed by atoms with Crippen LogP contribution in [0.5, 0.6) is 0 Å². The second-order valence-electron chi connectivity index (χ2n) is 3.76. The van der Waals surface area contributed by atoms with Crippen molar-refractivity contribution < 1.29 is 9.34 Å². The Morgan fingerprint density at radius 3 is 2.90 bits per heavy atom. The molecule has 0 unspecified atom stereocenters. The SMILES string of the molecule is CCCNc1ncc([N+](=O)[O-])c(Sc2nnc(C)o2)n1. The molecule has 0 spiro atoms. The summed E-state index contributed by atoms with van der Waals surface area (Å²) in [6.07, 6.45) is 2.06. The highest BCUT2D eigenvalue weighted by Crippen LogP contribution is 2.32. The highest BCUT2D eigenvalue weighted by molar-refractivity contribution is 7.99. The van der Waals surface area contributed by atoms with Crippen LogP contribution in [0.1, 0.15) is 19.2 Å². The van der Waals surface area contributed by atoms with Gasteiger partial charge in [0, 0.05) is 13.5 Å². The Hall–Kier alpha value is -2.23. The number of nitrogens with one attached hydrogen (secondary N) is 1. The Balaban J connectivity index is 2.28. The van der Waals surface area contributed by atoms with Gasteiger partial charge in [-0.25, -0.2) is 4.98 Å².